The molecule has 0 saturated heterocycles. The van der Waals surface area contributed by atoms with Crippen molar-refractivity contribution in [3.05, 3.63) is 54.1 Å². The van der Waals surface area contributed by atoms with Gasteiger partial charge in [-0.05, 0) is 37.3 Å². The first-order chi connectivity index (χ1) is 13.3. The zero-order chi connectivity index (χ0) is 20.7. The normalized spacial score (nSPS) is 12.4. The zero-order valence-electron chi connectivity index (χ0n) is 16.1. The highest BCUT2D eigenvalue weighted by atomic mass is 32.2. The lowest BCUT2D eigenvalue weighted by Crippen LogP contribution is -2.46. The number of amides is 1. The molecule has 1 atom stereocenters. The molecule has 0 aliphatic heterocycles. The molecule has 0 aromatic heterocycles. The monoisotopic (exact) mass is 405 g/mol. The van der Waals surface area contributed by atoms with Crippen molar-refractivity contribution in [2.45, 2.75) is 13.0 Å². The van der Waals surface area contributed by atoms with Gasteiger partial charge in [-0.2, -0.15) is 5.10 Å². The Balaban J connectivity index is 2.18. The van der Waals surface area contributed by atoms with Crippen LogP contribution >= 0.6 is 0 Å². The summed E-state index contributed by atoms with van der Waals surface area (Å²) in [6, 6.07) is 12.6. The molecule has 0 fully saturated rings. The van der Waals surface area contributed by atoms with E-state index in [0.29, 0.717) is 22.7 Å². The van der Waals surface area contributed by atoms with Crippen LogP contribution in [0.25, 0.3) is 0 Å². The van der Waals surface area contributed by atoms with Crippen molar-refractivity contribution in [2.24, 2.45) is 5.10 Å². The van der Waals surface area contributed by atoms with E-state index < -0.39 is 22.0 Å². The maximum atomic E-state index is 12.5. The summed E-state index contributed by atoms with van der Waals surface area (Å²) in [4.78, 5) is 12.5. The summed E-state index contributed by atoms with van der Waals surface area (Å²) in [5.41, 5.74) is 3.36. The number of rotatable bonds is 8. The molecule has 9 heteroatoms. The van der Waals surface area contributed by atoms with Crippen LogP contribution in [-0.2, 0) is 14.8 Å². The van der Waals surface area contributed by atoms with Gasteiger partial charge < -0.3 is 9.47 Å². The van der Waals surface area contributed by atoms with Gasteiger partial charge in [0.25, 0.3) is 5.91 Å². The largest absolute Gasteiger partial charge is 0.497 e. The minimum atomic E-state index is -3.67. The predicted octanol–water partition coefficient (Wildman–Crippen LogP) is 2.01. The molecule has 0 bridgehead atoms. The number of hydrazone groups is 1. The third-order valence-corrected chi connectivity index (χ3v) is 5.16. The van der Waals surface area contributed by atoms with Crippen molar-refractivity contribution in [3.8, 4) is 11.5 Å². The lowest BCUT2D eigenvalue weighted by molar-refractivity contribution is -0.121. The van der Waals surface area contributed by atoms with Crippen LogP contribution in [0, 0.1) is 0 Å². The van der Waals surface area contributed by atoms with E-state index in [1.54, 1.807) is 48.5 Å². The van der Waals surface area contributed by atoms with E-state index >= 15 is 0 Å². The number of hydrogen-bond acceptors (Lipinski definition) is 6. The third kappa shape index (κ3) is 5.23. The third-order valence-electron chi connectivity index (χ3n) is 3.91. The molecule has 0 aliphatic carbocycles. The van der Waals surface area contributed by atoms with Gasteiger partial charge in [0, 0.05) is 5.56 Å². The Morgan fingerprint density at radius 3 is 2.39 bits per heavy atom. The molecular formula is C19H23N3O5S. The van der Waals surface area contributed by atoms with Crippen LogP contribution in [0.4, 0.5) is 5.69 Å². The molecule has 1 N–H and O–H groups in total. The highest BCUT2D eigenvalue weighted by Gasteiger charge is 2.28. The van der Waals surface area contributed by atoms with E-state index in [1.807, 2.05) is 0 Å². The number of anilines is 1. The van der Waals surface area contributed by atoms with Crippen LogP contribution in [0.2, 0.25) is 0 Å². The second-order valence-corrected chi connectivity index (χ2v) is 7.77. The first-order valence-corrected chi connectivity index (χ1v) is 10.2. The predicted molar refractivity (Wildman–Crippen MR) is 109 cm³/mol. The quantitative estimate of drug-likeness (QED) is 0.535. The Kier molecular flexibility index (Phi) is 7.00. The summed E-state index contributed by atoms with van der Waals surface area (Å²) in [5.74, 6) is 0.579. The van der Waals surface area contributed by atoms with Crippen LogP contribution in [0.1, 0.15) is 12.5 Å². The van der Waals surface area contributed by atoms with Crippen LogP contribution in [-0.4, -0.2) is 47.1 Å². The Labute approximate surface area is 164 Å². The molecule has 150 valence electrons. The number of sulfonamides is 1. The molecule has 0 heterocycles. The average Bonchev–Trinajstić information content (AvgIpc) is 2.67. The smallest absolute Gasteiger partial charge is 0.263 e. The van der Waals surface area contributed by atoms with Gasteiger partial charge in [-0.25, -0.2) is 13.8 Å². The van der Waals surface area contributed by atoms with E-state index in [9.17, 15) is 13.2 Å². The van der Waals surface area contributed by atoms with Gasteiger partial charge in [0.2, 0.25) is 10.0 Å². The SMILES string of the molecule is COc1ccc(OC)c(/C=N\NC(=O)[C@H](C)N(c2ccccc2)S(C)(=O)=O)c1. The summed E-state index contributed by atoms with van der Waals surface area (Å²) >= 11 is 0. The van der Waals surface area contributed by atoms with Gasteiger partial charge >= 0.3 is 0 Å². The van der Waals surface area contributed by atoms with Gasteiger partial charge in [-0.3, -0.25) is 9.10 Å². The summed E-state index contributed by atoms with van der Waals surface area (Å²) in [6.45, 7) is 1.49. The van der Waals surface area contributed by atoms with E-state index in [1.165, 1.54) is 27.4 Å². The molecule has 0 saturated carbocycles. The number of benzene rings is 2. The highest BCUT2D eigenvalue weighted by molar-refractivity contribution is 7.92. The topological polar surface area (TPSA) is 97.3 Å². The van der Waals surface area contributed by atoms with E-state index in [4.69, 9.17) is 9.47 Å². The minimum absolute atomic E-state index is 0.395. The Morgan fingerprint density at radius 2 is 1.82 bits per heavy atom. The first-order valence-electron chi connectivity index (χ1n) is 8.37. The summed E-state index contributed by atoms with van der Waals surface area (Å²) in [5, 5.41) is 3.92. The lowest BCUT2D eigenvalue weighted by atomic mass is 10.2. The van der Waals surface area contributed by atoms with Crippen molar-refractivity contribution in [1.82, 2.24) is 5.43 Å². The molecular weight excluding hydrogens is 382 g/mol. The van der Waals surface area contributed by atoms with Crippen molar-refractivity contribution in [3.63, 3.8) is 0 Å². The van der Waals surface area contributed by atoms with Gasteiger partial charge in [0.15, 0.2) is 0 Å². The molecule has 2 rings (SSSR count). The van der Waals surface area contributed by atoms with Gasteiger partial charge in [-0.15, -0.1) is 0 Å². The number of nitrogens with one attached hydrogen (secondary N) is 1. The number of carbonyl (C=O) groups excluding carboxylic acids is 1. The highest BCUT2D eigenvalue weighted by Crippen LogP contribution is 2.22. The fraction of sp³-hybridized carbons (Fsp3) is 0.263. The number of methoxy groups -OCH3 is 2. The van der Waals surface area contributed by atoms with Crippen molar-refractivity contribution >= 4 is 27.8 Å². The molecule has 0 aliphatic rings. The van der Waals surface area contributed by atoms with Crippen molar-refractivity contribution in [2.75, 3.05) is 24.8 Å². The molecule has 0 radical (unpaired) electrons. The number of nitrogens with zero attached hydrogens (tertiary/aromatic N) is 2. The zero-order valence-corrected chi connectivity index (χ0v) is 16.9. The van der Waals surface area contributed by atoms with Crippen LogP contribution < -0.4 is 19.2 Å². The maximum Gasteiger partial charge on any atom is 0.263 e. The molecule has 1 amide bonds. The molecule has 0 unspecified atom stereocenters. The Hall–Kier alpha value is -3.07. The maximum absolute atomic E-state index is 12.5. The van der Waals surface area contributed by atoms with Crippen LogP contribution in [0.15, 0.2) is 53.6 Å². The fourth-order valence-corrected chi connectivity index (χ4v) is 3.76. The lowest BCUT2D eigenvalue weighted by Gasteiger charge is -2.27. The standard InChI is InChI=1S/C19H23N3O5S/c1-14(22(28(4,24)25)16-8-6-5-7-9-16)19(23)21-20-13-15-12-17(26-2)10-11-18(15)27-3/h5-14H,1-4H3,(H,21,23)/b20-13-/t14-/m0/s1. The van der Waals surface area contributed by atoms with Gasteiger partial charge in [-0.1, -0.05) is 18.2 Å². The number of hydrogen-bond donors (Lipinski definition) is 1. The summed E-state index contributed by atoms with van der Waals surface area (Å²) < 4.78 is 35.9. The number of ether oxygens (including phenoxy) is 2. The summed E-state index contributed by atoms with van der Waals surface area (Å²) in [7, 11) is -0.620. The molecule has 0 spiro atoms. The Morgan fingerprint density at radius 1 is 1.14 bits per heavy atom. The Bertz CT molecular complexity index is 945. The minimum Gasteiger partial charge on any atom is -0.497 e. The molecule has 2 aromatic rings. The summed E-state index contributed by atoms with van der Waals surface area (Å²) in [6.07, 6.45) is 2.45. The second kappa shape index (κ2) is 9.23. The van der Waals surface area contributed by atoms with Crippen LogP contribution in [0.3, 0.4) is 0 Å². The van der Waals surface area contributed by atoms with E-state index in [-0.39, 0.29) is 0 Å². The first kappa shape index (κ1) is 21.2. The molecule has 2 aromatic carbocycles. The van der Waals surface area contributed by atoms with Crippen molar-refractivity contribution in [1.29, 1.82) is 0 Å². The molecule has 28 heavy (non-hydrogen) atoms. The van der Waals surface area contributed by atoms with E-state index in [2.05, 4.69) is 10.5 Å². The van der Waals surface area contributed by atoms with Crippen LogP contribution in [0.5, 0.6) is 11.5 Å². The van der Waals surface area contributed by atoms with Crippen molar-refractivity contribution < 1.29 is 22.7 Å². The number of carbonyl (C=O) groups is 1. The average molecular weight is 405 g/mol. The second-order valence-electron chi connectivity index (χ2n) is 5.91. The fourth-order valence-electron chi connectivity index (χ4n) is 2.58. The number of para-hydroxylation sites is 1. The van der Waals surface area contributed by atoms with E-state index in [0.717, 1.165) is 10.6 Å². The van der Waals surface area contributed by atoms with Gasteiger partial charge in [0.05, 0.1) is 32.4 Å². The van der Waals surface area contributed by atoms with Gasteiger partial charge in [0.1, 0.15) is 17.5 Å². The molecule has 8 nitrogen and oxygen atoms in total.